The molecule has 1 unspecified atom stereocenters. The van der Waals surface area contributed by atoms with Crippen LogP contribution in [0.1, 0.15) is 41.3 Å². The van der Waals surface area contributed by atoms with Crippen LogP contribution in [0.4, 0.5) is 0 Å². The quantitative estimate of drug-likeness (QED) is 0.543. The van der Waals surface area contributed by atoms with Crippen LogP contribution >= 0.6 is 22.9 Å². The molecule has 0 saturated carbocycles. The maximum atomic E-state index is 6.57. The van der Waals surface area contributed by atoms with Crippen molar-refractivity contribution >= 4 is 33.2 Å². The summed E-state index contributed by atoms with van der Waals surface area (Å²) in [5.74, 6) is 0.553. The van der Waals surface area contributed by atoms with Crippen LogP contribution in [0.5, 0.6) is 0 Å². The van der Waals surface area contributed by atoms with E-state index in [1.807, 2.05) is 12.1 Å². The first-order chi connectivity index (χ1) is 10.1. The second-order valence-corrected chi connectivity index (χ2v) is 7.21. The minimum Gasteiger partial charge on any atom is -0.241 e. The van der Waals surface area contributed by atoms with Gasteiger partial charge < -0.3 is 0 Å². The highest BCUT2D eigenvalue weighted by atomic mass is 35.5. The lowest BCUT2D eigenvalue weighted by atomic mass is 10.0. The summed E-state index contributed by atoms with van der Waals surface area (Å²) in [6.07, 6.45) is 0.780. The minimum atomic E-state index is -0.0215. The van der Waals surface area contributed by atoms with Crippen molar-refractivity contribution in [3.63, 3.8) is 0 Å². The maximum Gasteiger partial charge on any atom is 0.0956 e. The number of hydrogen-bond acceptors (Lipinski definition) is 2. The smallest absolute Gasteiger partial charge is 0.0956 e. The molecule has 3 aromatic rings. The van der Waals surface area contributed by atoms with Crippen molar-refractivity contribution in [2.45, 2.75) is 31.6 Å². The third-order valence-corrected chi connectivity index (χ3v) is 5.12. The van der Waals surface area contributed by atoms with E-state index < -0.39 is 0 Å². The Kier molecular flexibility index (Phi) is 4.27. The molecule has 0 amide bonds. The largest absolute Gasteiger partial charge is 0.241 e. The third kappa shape index (κ3) is 3.28. The van der Waals surface area contributed by atoms with Gasteiger partial charge in [0.25, 0.3) is 0 Å². The van der Waals surface area contributed by atoms with Gasteiger partial charge in [0.15, 0.2) is 0 Å². The summed E-state index contributed by atoms with van der Waals surface area (Å²) in [6.45, 7) is 4.41. The first-order valence-corrected chi connectivity index (χ1v) is 8.47. The second kappa shape index (κ2) is 6.17. The van der Waals surface area contributed by atoms with Gasteiger partial charge in [-0.2, -0.15) is 0 Å². The van der Waals surface area contributed by atoms with Crippen LogP contribution < -0.4 is 0 Å². The Bertz CT molecular complexity index is 697. The number of alkyl halides is 1. The highest BCUT2D eigenvalue weighted by Crippen LogP contribution is 2.30. The summed E-state index contributed by atoms with van der Waals surface area (Å²) in [7, 11) is 0. The van der Waals surface area contributed by atoms with Gasteiger partial charge in [0.05, 0.1) is 20.6 Å². The van der Waals surface area contributed by atoms with Crippen LogP contribution in [-0.4, -0.2) is 4.98 Å². The van der Waals surface area contributed by atoms with Crippen molar-refractivity contribution in [1.29, 1.82) is 0 Å². The number of thiazole rings is 1. The molecule has 3 rings (SSSR count). The van der Waals surface area contributed by atoms with E-state index in [2.05, 4.69) is 55.2 Å². The van der Waals surface area contributed by atoms with Crippen LogP contribution in [0.25, 0.3) is 10.2 Å². The van der Waals surface area contributed by atoms with Crippen LogP contribution in [0, 0.1) is 0 Å². The minimum absolute atomic E-state index is 0.0215. The van der Waals surface area contributed by atoms with Crippen molar-refractivity contribution in [1.82, 2.24) is 4.98 Å². The number of para-hydroxylation sites is 1. The monoisotopic (exact) mass is 315 g/mol. The molecule has 1 aromatic heterocycles. The van der Waals surface area contributed by atoms with Crippen molar-refractivity contribution in [3.8, 4) is 0 Å². The van der Waals surface area contributed by atoms with Crippen molar-refractivity contribution < 1.29 is 0 Å². The van der Waals surface area contributed by atoms with Gasteiger partial charge in [0, 0.05) is 6.42 Å². The van der Waals surface area contributed by atoms with E-state index in [4.69, 9.17) is 11.6 Å². The zero-order chi connectivity index (χ0) is 14.8. The van der Waals surface area contributed by atoms with Gasteiger partial charge in [0.1, 0.15) is 0 Å². The Morgan fingerprint density at radius 1 is 1.00 bits per heavy atom. The number of halogens is 1. The average Bonchev–Trinajstić information content (AvgIpc) is 2.89. The van der Waals surface area contributed by atoms with Gasteiger partial charge in [-0.1, -0.05) is 50.2 Å². The molecule has 0 aliphatic carbocycles. The molecule has 0 aliphatic rings. The highest BCUT2D eigenvalue weighted by molar-refractivity contribution is 7.18. The summed E-state index contributed by atoms with van der Waals surface area (Å²) in [4.78, 5) is 4.66. The van der Waals surface area contributed by atoms with E-state index in [0.29, 0.717) is 5.92 Å². The average molecular weight is 316 g/mol. The molecule has 0 radical (unpaired) electrons. The molecule has 2 aromatic carbocycles. The molecule has 0 fully saturated rings. The van der Waals surface area contributed by atoms with Gasteiger partial charge in [-0.3, -0.25) is 0 Å². The predicted molar refractivity (Wildman–Crippen MR) is 92.4 cm³/mol. The lowest BCUT2D eigenvalue weighted by Crippen LogP contribution is -1.96. The molecular weight excluding hydrogens is 298 g/mol. The lowest BCUT2D eigenvalue weighted by Gasteiger charge is -2.10. The number of fused-ring (bicyclic) bond motifs is 1. The van der Waals surface area contributed by atoms with E-state index in [0.717, 1.165) is 16.9 Å². The number of hydrogen-bond donors (Lipinski definition) is 0. The van der Waals surface area contributed by atoms with Crippen LogP contribution in [0.3, 0.4) is 0 Å². The summed E-state index contributed by atoms with van der Waals surface area (Å²) in [6, 6.07) is 16.9. The summed E-state index contributed by atoms with van der Waals surface area (Å²) in [5, 5.41) is 1.08. The zero-order valence-corrected chi connectivity index (χ0v) is 13.8. The Hall–Kier alpha value is -1.38. The fourth-order valence-electron chi connectivity index (χ4n) is 2.37. The first kappa shape index (κ1) is 14.6. The number of benzene rings is 2. The fraction of sp³-hybridized carbons (Fsp3) is 0.278. The Morgan fingerprint density at radius 2 is 1.67 bits per heavy atom. The highest BCUT2D eigenvalue weighted by Gasteiger charge is 2.12. The van der Waals surface area contributed by atoms with Gasteiger partial charge >= 0.3 is 0 Å². The fourth-order valence-corrected chi connectivity index (χ4v) is 3.76. The zero-order valence-electron chi connectivity index (χ0n) is 12.2. The predicted octanol–water partition coefficient (Wildman–Crippen LogP) is 5.94. The van der Waals surface area contributed by atoms with E-state index in [1.165, 1.54) is 15.8 Å². The molecule has 0 aliphatic heterocycles. The molecule has 1 nitrogen and oxygen atoms in total. The summed E-state index contributed by atoms with van der Waals surface area (Å²) >= 11 is 8.30. The molecular formula is C18H18ClNS. The molecule has 0 N–H and O–H groups in total. The Morgan fingerprint density at radius 3 is 2.33 bits per heavy atom. The molecule has 108 valence electrons. The van der Waals surface area contributed by atoms with Gasteiger partial charge in [-0.15, -0.1) is 22.9 Å². The standard InChI is InChI=1S/C18H18ClNS/c1-12(2)13-7-9-14(10-8-13)15(19)11-18-20-16-5-3-4-6-17(16)21-18/h3-10,12,15H,11H2,1-2H3. The molecule has 21 heavy (non-hydrogen) atoms. The van der Waals surface area contributed by atoms with E-state index >= 15 is 0 Å². The summed E-state index contributed by atoms with van der Waals surface area (Å²) in [5.41, 5.74) is 3.58. The second-order valence-electron chi connectivity index (χ2n) is 5.57. The molecule has 0 saturated heterocycles. The van der Waals surface area contributed by atoms with Crippen LogP contribution in [0.2, 0.25) is 0 Å². The van der Waals surface area contributed by atoms with Gasteiger partial charge in [0.2, 0.25) is 0 Å². The number of nitrogens with zero attached hydrogens (tertiary/aromatic N) is 1. The topological polar surface area (TPSA) is 12.9 Å². The normalized spacial score (nSPS) is 13.0. The van der Waals surface area contributed by atoms with Crippen molar-refractivity contribution in [3.05, 3.63) is 64.7 Å². The molecule has 1 heterocycles. The first-order valence-electron chi connectivity index (χ1n) is 7.22. The van der Waals surface area contributed by atoms with Crippen molar-refractivity contribution in [2.24, 2.45) is 0 Å². The SMILES string of the molecule is CC(C)c1ccc(C(Cl)Cc2nc3ccccc3s2)cc1. The van der Waals surface area contributed by atoms with Crippen LogP contribution in [-0.2, 0) is 6.42 Å². The van der Waals surface area contributed by atoms with E-state index in [9.17, 15) is 0 Å². The van der Waals surface area contributed by atoms with E-state index in [1.54, 1.807) is 11.3 Å². The summed E-state index contributed by atoms with van der Waals surface area (Å²) < 4.78 is 1.23. The molecule has 0 spiro atoms. The molecule has 3 heteroatoms. The number of aromatic nitrogens is 1. The number of rotatable bonds is 4. The Labute approximate surface area is 134 Å². The molecule has 1 atom stereocenters. The van der Waals surface area contributed by atoms with Crippen molar-refractivity contribution in [2.75, 3.05) is 0 Å². The molecule has 0 bridgehead atoms. The maximum absolute atomic E-state index is 6.57. The van der Waals surface area contributed by atoms with E-state index in [-0.39, 0.29) is 5.38 Å². The van der Waals surface area contributed by atoms with Crippen LogP contribution in [0.15, 0.2) is 48.5 Å². The lowest BCUT2D eigenvalue weighted by molar-refractivity contribution is 0.859. The Balaban J connectivity index is 1.77. The van der Waals surface area contributed by atoms with Gasteiger partial charge in [-0.25, -0.2) is 4.98 Å². The van der Waals surface area contributed by atoms with Gasteiger partial charge in [-0.05, 0) is 29.2 Å². The third-order valence-electron chi connectivity index (χ3n) is 3.66.